The van der Waals surface area contributed by atoms with Crippen molar-refractivity contribution in [3.05, 3.63) is 168 Å². The van der Waals surface area contributed by atoms with Crippen LogP contribution in [0.15, 0.2) is 150 Å². The molecule has 0 fully saturated rings. The Morgan fingerprint density at radius 1 is 0.419 bits per heavy atom. The minimum atomic E-state index is -0.458. The first-order valence-electron chi connectivity index (χ1n) is 14.8. The van der Waals surface area contributed by atoms with Crippen LogP contribution in [0.3, 0.4) is 0 Å². The van der Waals surface area contributed by atoms with Gasteiger partial charge in [-0.3, -0.25) is 0 Å². The molecule has 2 nitrogen and oxygen atoms in total. The quantitative estimate of drug-likeness (QED) is 0.204. The summed E-state index contributed by atoms with van der Waals surface area (Å²) in [4.78, 5) is 0. The molecule has 2 heteroatoms. The standard InChI is InChI=1S/C41H24O2/c1-2-11-27-25(10-1)21-23-37-39(27)40-28(14-9-19-36(40)43-37)26-20-22-34-38(24-26)42-35-18-8-7-17-33(35)41(34)31-15-5-3-12-29(31)30-13-4-6-16-32(30)41/h1-24H. The molecule has 2 aliphatic rings. The van der Waals surface area contributed by atoms with Gasteiger partial charge < -0.3 is 9.15 Å². The number of ether oxygens (including phenoxy) is 1. The topological polar surface area (TPSA) is 22.4 Å². The van der Waals surface area contributed by atoms with Crippen molar-refractivity contribution in [2.24, 2.45) is 0 Å². The summed E-state index contributed by atoms with van der Waals surface area (Å²) in [5.41, 5.74) is 11.1. The first kappa shape index (κ1) is 23.0. The Morgan fingerprint density at radius 3 is 1.91 bits per heavy atom. The third-order valence-corrected chi connectivity index (χ3v) is 9.55. The molecule has 8 aromatic rings. The molecule has 0 bridgehead atoms. The lowest BCUT2D eigenvalue weighted by atomic mass is 9.66. The van der Waals surface area contributed by atoms with E-state index in [1.165, 1.54) is 44.2 Å². The summed E-state index contributed by atoms with van der Waals surface area (Å²) in [6.45, 7) is 0. The molecule has 0 saturated carbocycles. The van der Waals surface area contributed by atoms with Crippen LogP contribution < -0.4 is 4.74 Å². The third kappa shape index (κ3) is 2.88. The summed E-state index contributed by atoms with van der Waals surface area (Å²) in [6.07, 6.45) is 0. The number of benzene rings is 7. The van der Waals surface area contributed by atoms with Crippen molar-refractivity contribution in [3.63, 3.8) is 0 Å². The van der Waals surface area contributed by atoms with Crippen molar-refractivity contribution in [2.75, 3.05) is 0 Å². The van der Waals surface area contributed by atoms with Gasteiger partial charge in [0.25, 0.3) is 0 Å². The molecule has 43 heavy (non-hydrogen) atoms. The zero-order valence-corrected chi connectivity index (χ0v) is 23.2. The smallest absolute Gasteiger partial charge is 0.136 e. The van der Waals surface area contributed by atoms with E-state index in [4.69, 9.17) is 9.15 Å². The maximum Gasteiger partial charge on any atom is 0.136 e. The third-order valence-electron chi connectivity index (χ3n) is 9.55. The molecule has 1 aliphatic heterocycles. The van der Waals surface area contributed by atoms with E-state index in [0.717, 1.165) is 44.6 Å². The minimum Gasteiger partial charge on any atom is -0.457 e. The van der Waals surface area contributed by atoms with Gasteiger partial charge in [-0.1, -0.05) is 121 Å². The van der Waals surface area contributed by atoms with Gasteiger partial charge in [0.2, 0.25) is 0 Å². The summed E-state index contributed by atoms with van der Waals surface area (Å²) in [7, 11) is 0. The van der Waals surface area contributed by atoms with Crippen molar-refractivity contribution in [1.29, 1.82) is 0 Å². The Bertz CT molecular complexity index is 2400. The zero-order chi connectivity index (χ0) is 28.1. The monoisotopic (exact) mass is 548 g/mol. The number of fused-ring (bicyclic) bond motifs is 14. The predicted octanol–water partition coefficient (Wildman–Crippen LogP) is 10.9. The van der Waals surface area contributed by atoms with Crippen molar-refractivity contribution in [3.8, 4) is 33.8 Å². The van der Waals surface area contributed by atoms with Gasteiger partial charge in [0, 0.05) is 21.9 Å². The van der Waals surface area contributed by atoms with Crippen LogP contribution in [0.2, 0.25) is 0 Å². The number of para-hydroxylation sites is 1. The molecule has 0 N–H and O–H groups in total. The van der Waals surface area contributed by atoms with Crippen LogP contribution in [0.5, 0.6) is 11.5 Å². The molecule has 1 aromatic heterocycles. The Hall–Kier alpha value is -5.60. The molecule has 7 aromatic carbocycles. The lowest BCUT2D eigenvalue weighted by molar-refractivity contribution is 0.436. The van der Waals surface area contributed by atoms with E-state index in [1.54, 1.807) is 0 Å². The first-order chi connectivity index (χ1) is 21.3. The van der Waals surface area contributed by atoms with Crippen molar-refractivity contribution in [2.45, 2.75) is 5.41 Å². The molecule has 2 heterocycles. The van der Waals surface area contributed by atoms with Crippen LogP contribution >= 0.6 is 0 Å². The van der Waals surface area contributed by atoms with E-state index >= 15 is 0 Å². The van der Waals surface area contributed by atoms with Gasteiger partial charge in [-0.05, 0) is 68.4 Å². The average molecular weight is 549 g/mol. The largest absolute Gasteiger partial charge is 0.457 e. The molecule has 0 saturated heterocycles. The molecule has 0 unspecified atom stereocenters. The summed E-state index contributed by atoms with van der Waals surface area (Å²) >= 11 is 0. The second-order valence-electron chi connectivity index (χ2n) is 11.6. The summed E-state index contributed by atoms with van der Waals surface area (Å²) in [5, 5.41) is 4.70. The summed E-state index contributed by atoms with van der Waals surface area (Å²) < 4.78 is 13.2. The van der Waals surface area contributed by atoms with Gasteiger partial charge in [-0.2, -0.15) is 0 Å². The maximum atomic E-state index is 6.78. The molecular weight excluding hydrogens is 524 g/mol. The number of rotatable bonds is 1. The molecule has 1 spiro atoms. The molecule has 1 aliphatic carbocycles. The lowest BCUT2D eigenvalue weighted by Crippen LogP contribution is -2.32. The lowest BCUT2D eigenvalue weighted by Gasteiger charge is -2.39. The maximum absolute atomic E-state index is 6.78. The second-order valence-corrected chi connectivity index (χ2v) is 11.6. The minimum absolute atomic E-state index is 0.458. The van der Waals surface area contributed by atoms with Crippen molar-refractivity contribution in [1.82, 2.24) is 0 Å². The van der Waals surface area contributed by atoms with Crippen LogP contribution in [-0.2, 0) is 5.41 Å². The normalized spacial score (nSPS) is 14.0. The van der Waals surface area contributed by atoms with E-state index in [2.05, 4.69) is 146 Å². The van der Waals surface area contributed by atoms with Crippen LogP contribution in [0.1, 0.15) is 22.3 Å². The molecular formula is C41H24O2. The average Bonchev–Trinajstić information content (AvgIpc) is 3.60. The van der Waals surface area contributed by atoms with Crippen LogP contribution in [0.4, 0.5) is 0 Å². The number of furan rings is 1. The number of hydrogen-bond donors (Lipinski definition) is 0. The van der Waals surface area contributed by atoms with E-state index in [0.29, 0.717) is 0 Å². The van der Waals surface area contributed by atoms with E-state index < -0.39 is 5.41 Å². The van der Waals surface area contributed by atoms with Crippen LogP contribution in [0, 0.1) is 0 Å². The Labute approximate surface area is 248 Å². The SMILES string of the molecule is c1ccc2c(c1)Oc1cc(-c3cccc4oc5ccc6ccccc6c5c34)ccc1C21c2ccccc2-c2ccccc21. The zero-order valence-electron chi connectivity index (χ0n) is 23.2. The highest BCUT2D eigenvalue weighted by Crippen LogP contribution is 2.62. The predicted molar refractivity (Wildman–Crippen MR) is 174 cm³/mol. The van der Waals surface area contributed by atoms with E-state index in [9.17, 15) is 0 Å². The Morgan fingerprint density at radius 2 is 1.07 bits per heavy atom. The molecule has 0 amide bonds. The Balaban J connectivity index is 1.28. The number of hydrogen-bond acceptors (Lipinski definition) is 2. The van der Waals surface area contributed by atoms with Crippen LogP contribution in [-0.4, -0.2) is 0 Å². The van der Waals surface area contributed by atoms with Gasteiger partial charge >= 0.3 is 0 Å². The molecule has 200 valence electrons. The first-order valence-corrected chi connectivity index (χ1v) is 14.8. The highest BCUT2D eigenvalue weighted by atomic mass is 16.5. The van der Waals surface area contributed by atoms with Crippen molar-refractivity contribution >= 4 is 32.7 Å². The summed E-state index contributed by atoms with van der Waals surface area (Å²) in [6, 6.07) is 52.1. The molecule has 0 atom stereocenters. The van der Waals surface area contributed by atoms with Gasteiger partial charge in [-0.15, -0.1) is 0 Å². The summed E-state index contributed by atoms with van der Waals surface area (Å²) in [5.74, 6) is 1.79. The van der Waals surface area contributed by atoms with Crippen LogP contribution in [0.25, 0.3) is 55.0 Å². The highest BCUT2D eigenvalue weighted by molar-refractivity contribution is 6.22. The van der Waals surface area contributed by atoms with E-state index in [-0.39, 0.29) is 0 Å². The highest BCUT2D eigenvalue weighted by Gasteiger charge is 2.50. The van der Waals surface area contributed by atoms with Gasteiger partial charge in [0.05, 0.1) is 5.41 Å². The van der Waals surface area contributed by atoms with Gasteiger partial charge in [-0.25, -0.2) is 0 Å². The fourth-order valence-corrected chi connectivity index (χ4v) is 7.86. The van der Waals surface area contributed by atoms with Gasteiger partial charge in [0.15, 0.2) is 0 Å². The molecule has 0 radical (unpaired) electrons. The van der Waals surface area contributed by atoms with Gasteiger partial charge in [0.1, 0.15) is 22.7 Å². The second kappa shape index (κ2) is 8.24. The fraction of sp³-hybridized carbons (Fsp3) is 0.0244. The van der Waals surface area contributed by atoms with Crippen molar-refractivity contribution < 1.29 is 9.15 Å². The fourth-order valence-electron chi connectivity index (χ4n) is 7.86. The van der Waals surface area contributed by atoms with E-state index in [1.807, 2.05) is 0 Å². The molecule has 10 rings (SSSR count). The Kier molecular flexibility index (Phi) is 4.41.